The number of hydrogen-bond acceptors (Lipinski definition) is 2. The highest BCUT2D eigenvalue weighted by Crippen LogP contribution is 2.41. The molecule has 0 heterocycles. The molecule has 0 N–H and O–H groups in total. The van der Waals surface area contributed by atoms with Gasteiger partial charge >= 0.3 is 0 Å². The molecular weight excluding hydrogens is 296 g/mol. The van der Waals surface area contributed by atoms with Crippen molar-refractivity contribution in [3.05, 3.63) is 108 Å². The van der Waals surface area contributed by atoms with Crippen LogP contribution in [-0.4, -0.2) is 12.4 Å². The lowest BCUT2D eigenvalue weighted by atomic mass is 9.80. The molecule has 1 atom stereocenters. The van der Waals surface area contributed by atoms with Crippen LogP contribution in [0.15, 0.2) is 91.0 Å². The third kappa shape index (κ3) is 3.01. The van der Waals surface area contributed by atoms with E-state index in [0.717, 1.165) is 23.0 Å². The summed E-state index contributed by atoms with van der Waals surface area (Å²) in [6, 6.07) is 30.1. The van der Waals surface area contributed by atoms with Crippen LogP contribution in [0.5, 0.6) is 0 Å². The van der Waals surface area contributed by atoms with E-state index in [1.807, 2.05) is 91.0 Å². The molecule has 0 saturated heterocycles. The van der Waals surface area contributed by atoms with E-state index in [9.17, 15) is 4.79 Å². The van der Waals surface area contributed by atoms with Crippen LogP contribution < -0.4 is 0 Å². The number of carbonyl (C=O) groups is 1. The minimum atomic E-state index is -0.829. The van der Waals surface area contributed by atoms with Gasteiger partial charge in [0.2, 0.25) is 0 Å². The fourth-order valence-corrected chi connectivity index (χ4v) is 3.03. The van der Waals surface area contributed by atoms with E-state index in [0.29, 0.717) is 0 Å². The Morgan fingerprint density at radius 3 is 1.33 bits per heavy atom. The molecule has 0 aliphatic carbocycles. The average molecular weight is 316 g/mol. The molecule has 0 bridgehead atoms. The summed E-state index contributed by atoms with van der Waals surface area (Å²) in [6.45, 7) is 1.77. The fourth-order valence-electron chi connectivity index (χ4n) is 3.03. The van der Waals surface area contributed by atoms with Crippen molar-refractivity contribution in [2.24, 2.45) is 0 Å². The second-order valence-electron chi connectivity index (χ2n) is 5.74. The Morgan fingerprint density at radius 1 is 0.708 bits per heavy atom. The van der Waals surface area contributed by atoms with Crippen LogP contribution in [0.2, 0.25) is 0 Å². The van der Waals surface area contributed by atoms with Gasteiger partial charge in [-0.3, -0.25) is 0 Å². The predicted octanol–water partition coefficient (Wildman–Crippen LogP) is 4.58. The molecule has 0 radical (unpaired) electrons. The molecule has 2 heteroatoms. The summed E-state index contributed by atoms with van der Waals surface area (Å²) in [5, 5.41) is 0. The zero-order valence-corrected chi connectivity index (χ0v) is 13.6. The molecule has 0 fully saturated rings. The van der Waals surface area contributed by atoms with Crippen LogP contribution in [0.3, 0.4) is 0 Å². The van der Waals surface area contributed by atoms with Gasteiger partial charge < -0.3 is 9.53 Å². The maximum Gasteiger partial charge on any atom is 0.148 e. The van der Waals surface area contributed by atoms with Crippen molar-refractivity contribution < 1.29 is 9.53 Å². The molecule has 2 nitrogen and oxygen atoms in total. The van der Waals surface area contributed by atoms with Gasteiger partial charge in [-0.1, -0.05) is 91.0 Å². The molecule has 0 aliphatic rings. The fraction of sp³-hybridized carbons (Fsp3) is 0.136. The Labute approximate surface area is 142 Å². The van der Waals surface area contributed by atoms with Gasteiger partial charge in [0.1, 0.15) is 18.0 Å². The maximum absolute atomic E-state index is 11.4. The molecule has 0 spiro atoms. The van der Waals surface area contributed by atoms with E-state index < -0.39 is 11.7 Å². The Bertz CT molecular complexity index is 670. The van der Waals surface area contributed by atoms with E-state index in [1.165, 1.54) is 0 Å². The Morgan fingerprint density at radius 2 is 1.04 bits per heavy atom. The highest BCUT2D eigenvalue weighted by atomic mass is 16.5. The molecule has 0 amide bonds. The molecular formula is C22H20O2. The summed E-state index contributed by atoms with van der Waals surface area (Å²) in [5.41, 5.74) is 2.16. The van der Waals surface area contributed by atoms with Crippen LogP contribution >= 0.6 is 0 Å². The van der Waals surface area contributed by atoms with Gasteiger partial charge in [-0.15, -0.1) is 0 Å². The van der Waals surface area contributed by atoms with Crippen LogP contribution in [0.25, 0.3) is 0 Å². The summed E-state index contributed by atoms with van der Waals surface area (Å²) in [6.07, 6.45) is 0.300. The van der Waals surface area contributed by atoms with E-state index in [1.54, 1.807) is 6.92 Å². The van der Waals surface area contributed by atoms with Crippen LogP contribution in [-0.2, 0) is 15.1 Å². The normalized spacial score (nSPS) is 12.5. The quantitative estimate of drug-likeness (QED) is 0.491. The Kier molecular flexibility index (Phi) is 4.88. The van der Waals surface area contributed by atoms with E-state index in [-0.39, 0.29) is 0 Å². The predicted molar refractivity (Wildman–Crippen MR) is 95.8 cm³/mol. The molecule has 3 aromatic carbocycles. The molecule has 3 rings (SSSR count). The number of aldehydes is 1. The third-order valence-corrected chi connectivity index (χ3v) is 4.10. The highest BCUT2D eigenvalue weighted by Gasteiger charge is 2.38. The second kappa shape index (κ2) is 7.24. The molecule has 24 heavy (non-hydrogen) atoms. The lowest BCUT2D eigenvalue weighted by Crippen LogP contribution is -2.36. The minimum absolute atomic E-state index is 0.536. The van der Waals surface area contributed by atoms with Crippen molar-refractivity contribution in [1.82, 2.24) is 0 Å². The minimum Gasteiger partial charge on any atom is -0.350 e. The van der Waals surface area contributed by atoms with Crippen LogP contribution in [0.4, 0.5) is 0 Å². The molecule has 0 saturated carbocycles. The molecule has 120 valence electrons. The lowest BCUT2D eigenvalue weighted by Gasteiger charge is -2.37. The first-order valence-corrected chi connectivity index (χ1v) is 8.07. The van der Waals surface area contributed by atoms with Crippen molar-refractivity contribution in [3.8, 4) is 0 Å². The van der Waals surface area contributed by atoms with Gasteiger partial charge in [0.25, 0.3) is 0 Å². The number of ether oxygens (including phenoxy) is 1. The van der Waals surface area contributed by atoms with E-state index in [4.69, 9.17) is 4.74 Å². The zero-order chi connectivity index (χ0) is 16.8. The zero-order valence-electron chi connectivity index (χ0n) is 13.6. The van der Waals surface area contributed by atoms with E-state index >= 15 is 0 Å². The monoisotopic (exact) mass is 316 g/mol. The van der Waals surface area contributed by atoms with Gasteiger partial charge in [-0.2, -0.15) is 0 Å². The summed E-state index contributed by atoms with van der Waals surface area (Å²) in [4.78, 5) is 11.4. The standard InChI is InChI=1S/C22H20O2/c1-18(17-23)24-22(19-11-5-2-6-12-19,20-13-7-3-8-14-20)21-15-9-4-10-16-21/h2-18H,1H3/t18-/m1/s1. The van der Waals surface area contributed by atoms with Gasteiger partial charge in [-0.05, 0) is 23.6 Å². The molecule has 0 unspecified atom stereocenters. The van der Waals surface area contributed by atoms with Crippen LogP contribution in [0, 0.1) is 0 Å². The Balaban J connectivity index is 2.30. The highest BCUT2D eigenvalue weighted by molar-refractivity contribution is 5.56. The van der Waals surface area contributed by atoms with Crippen LogP contribution in [0.1, 0.15) is 23.6 Å². The molecule has 0 aromatic heterocycles. The van der Waals surface area contributed by atoms with Crippen molar-refractivity contribution in [3.63, 3.8) is 0 Å². The average Bonchev–Trinajstić information content (AvgIpc) is 2.68. The van der Waals surface area contributed by atoms with Gasteiger partial charge in [0.15, 0.2) is 0 Å². The number of rotatable bonds is 6. The van der Waals surface area contributed by atoms with Gasteiger partial charge in [0.05, 0.1) is 0 Å². The first kappa shape index (κ1) is 16.2. The van der Waals surface area contributed by atoms with Gasteiger partial charge in [0, 0.05) is 0 Å². The number of hydrogen-bond donors (Lipinski definition) is 0. The number of carbonyl (C=O) groups excluding carboxylic acids is 1. The Hall–Kier alpha value is -2.71. The van der Waals surface area contributed by atoms with Crippen molar-refractivity contribution in [2.45, 2.75) is 18.6 Å². The third-order valence-electron chi connectivity index (χ3n) is 4.10. The van der Waals surface area contributed by atoms with Crippen molar-refractivity contribution in [2.75, 3.05) is 0 Å². The van der Waals surface area contributed by atoms with Gasteiger partial charge in [-0.25, -0.2) is 0 Å². The summed E-state index contributed by atoms with van der Waals surface area (Å²) in [5.74, 6) is 0. The van der Waals surface area contributed by atoms with Crippen molar-refractivity contribution in [1.29, 1.82) is 0 Å². The maximum atomic E-state index is 11.4. The van der Waals surface area contributed by atoms with Crippen molar-refractivity contribution >= 4 is 6.29 Å². The summed E-state index contributed by atoms with van der Waals surface area (Å²) >= 11 is 0. The first-order valence-electron chi connectivity index (χ1n) is 8.07. The second-order valence-corrected chi connectivity index (χ2v) is 5.74. The lowest BCUT2D eigenvalue weighted by molar-refractivity contribution is -0.124. The van der Waals surface area contributed by atoms with E-state index in [2.05, 4.69) is 0 Å². The summed E-state index contributed by atoms with van der Waals surface area (Å²) < 4.78 is 6.38. The topological polar surface area (TPSA) is 26.3 Å². The SMILES string of the molecule is C[C@H](C=O)OC(c1ccccc1)(c1ccccc1)c1ccccc1. The molecule has 3 aromatic rings. The first-order chi connectivity index (χ1) is 11.8. The smallest absolute Gasteiger partial charge is 0.148 e. The summed E-state index contributed by atoms with van der Waals surface area (Å²) in [7, 11) is 0. The largest absolute Gasteiger partial charge is 0.350 e. The number of benzene rings is 3. The molecule has 0 aliphatic heterocycles.